The van der Waals surface area contributed by atoms with E-state index in [1.165, 1.54) is 0 Å². The largest absolute Gasteiger partial charge is 0.311 e. The number of benzene rings is 2. The Hall–Kier alpha value is -2.19. The third-order valence-electron chi connectivity index (χ3n) is 4.11. The molecule has 1 N–H and O–H groups in total. The second-order valence-corrected chi connectivity index (χ2v) is 8.43. The fourth-order valence-electron chi connectivity index (χ4n) is 2.91. The van der Waals surface area contributed by atoms with Gasteiger partial charge in [-0.15, -0.1) is 10.2 Å². The quantitative estimate of drug-likeness (QED) is 0.703. The van der Waals surface area contributed by atoms with Crippen molar-refractivity contribution in [2.24, 2.45) is 0 Å². The van der Waals surface area contributed by atoms with E-state index in [-0.39, 0.29) is 4.90 Å². The lowest BCUT2D eigenvalue weighted by Gasteiger charge is -2.10. The Balaban J connectivity index is 1.64. The van der Waals surface area contributed by atoms with Gasteiger partial charge < -0.3 is 4.57 Å². The lowest BCUT2D eigenvalue weighted by Crippen LogP contribution is -2.12. The first kappa shape index (κ1) is 16.3. The smallest absolute Gasteiger partial charge is 0.261 e. The van der Waals surface area contributed by atoms with Gasteiger partial charge in [-0.2, -0.15) is 0 Å². The highest BCUT2D eigenvalue weighted by molar-refractivity contribution is 9.10. The molecule has 1 aliphatic rings. The van der Waals surface area contributed by atoms with Crippen molar-refractivity contribution in [3.63, 3.8) is 0 Å². The number of anilines is 1. The summed E-state index contributed by atoms with van der Waals surface area (Å²) in [6.07, 6.45) is 2.00. The molecule has 0 saturated carbocycles. The maximum Gasteiger partial charge on any atom is 0.261 e. The summed E-state index contributed by atoms with van der Waals surface area (Å²) in [6, 6.07) is 13.7. The lowest BCUT2D eigenvalue weighted by atomic mass is 10.2. The highest BCUT2D eigenvalue weighted by Gasteiger charge is 2.19. The van der Waals surface area contributed by atoms with Gasteiger partial charge in [-0.25, -0.2) is 8.42 Å². The van der Waals surface area contributed by atoms with Crippen molar-refractivity contribution in [2.75, 3.05) is 4.72 Å². The minimum Gasteiger partial charge on any atom is -0.311 e. The Morgan fingerprint density at radius 3 is 2.68 bits per heavy atom. The molecule has 0 radical (unpaired) electrons. The van der Waals surface area contributed by atoms with Gasteiger partial charge in [-0.3, -0.25) is 4.72 Å². The van der Waals surface area contributed by atoms with Crippen LogP contribution in [0.25, 0.3) is 11.4 Å². The van der Waals surface area contributed by atoms with Gasteiger partial charge in [0.1, 0.15) is 5.82 Å². The standard InChI is InChI=1S/C17H15BrN4O2S/c18-13-6-8-15(9-7-13)25(23,24)21-14-4-1-3-12(11-14)17-20-19-16-5-2-10-22(16)17/h1,3-4,6-9,11,21H,2,5,10H2. The fraction of sp³-hybridized carbons (Fsp3) is 0.176. The molecule has 3 aromatic rings. The van der Waals surface area contributed by atoms with E-state index < -0.39 is 10.0 Å². The van der Waals surface area contributed by atoms with Gasteiger partial charge in [-0.1, -0.05) is 28.1 Å². The second-order valence-electron chi connectivity index (χ2n) is 5.84. The number of hydrogen-bond acceptors (Lipinski definition) is 4. The number of hydrogen-bond donors (Lipinski definition) is 1. The molecule has 4 rings (SSSR count). The molecule has 2 aromatic carbocycles. The molecule has 0 bridgehead atoms. The molecule has 1 aromatic heterocycles. The first-order valence-corrected chi connectivity index (χ1v) is 10.1. The second kappa shape index (κ2) is 6.27. The molecule has 0 unspecified atom stereocenters. The summed E-state index contributed by atoms with van der Waals surface area (Å²) in [6.45, 7) is 0.895. The maximum absolute atomic E-state index is 12.5. The number of fused-ring (bicyclic) bond motifs is 1. The van der Waals surface area contributed by atoms with E-state index in [0.717, 1.165) is 41.1 Å². The molecule has 0 aliphatic carbocycles. The van der Waals surface area contributed by atoms with Crippen molar-refractivity contribution in [2.45, 2.75) is 24.3 Å². The fourth-order valence-corrected chi connectivity index (χ4v) is 4.23. The monoisotopic (exact) mass is 418 g/mol. The van der Waals surface area contributed by atoms with Crippen molar-refractivity contribution in [3.05, 3.63) is 58.8 Å². The van der Waals surface area contributed by atoms with Gasteiger partial charge in [0.25, 0.3) is 10.0 Å². The Labute approximate surface area is 154 Å². The van der Waals surface area contributed by atoms with Gasteiger partial charge in [0.05, 0.1) is 4.90 Å². The molecule has 128 valence electrons. The summed E-state index contributed by atoms with van der Waals surface area (Å²) >= 11 is 3.30. The van der Waals surface area contributed by atoms with Crippen molar-refractivity contribution in [1.29, 1.82) is 0 Å². The minimum absolute atomic E-state index is 0.212. The van der Waals surface area contributed by atoms with Crippen LogP contribution >= 0.6 is 15.9 Å². The van der Waals surface area contributed by atoms with Gasteiger partial charge in [0.15, 0.2) is 5.82 Å². The van der Waals surface area contributed by atoms with Crippen molar-refractivity contribution < 1.29 is 8.42 Å². The topological polar surface area (TPSA) is 76.9 Å². The molecule has 6 nitrogen and oxygen atoms in total. The third-order valence-corrected chi connectivity index (χ3v) is 6.03. The molecule has 0 spiro atoms. The van der Waals surface area contributed by atoms with Crippen LogP contribution in [-0.2, 0) is 23.0 Å². The van der Waals surface area contributed by atoms with E-state index >= 15 is 0 Å². The van der Waals surface area contributed by atoms with Crippen molar-refractivity contribution in [1.82, 2.24) is 14.8 Å². The number of nitrogens with zero attached hydrogens (tertiary/aromatic N) is 3. The number of aryl methyl sites for hydroxylation is 1. The molecule has 25 heavy (non-hydrogen) atoms. The molecule has 0 saturated heterocycles. The van der Waals surface area contributed by atoms with Crippen LogP contribution < -0.4 is 4.72 Å². The summed E-state index contributed by atoms with van der Waals surface area (Å²) in [4.78, 5) is 0.212. The zero-order valence-corrected chi connectivity index (χ0v) is 15.6. The van der Waals surface area contributed by atoms with E-state index in [4.69, 9.17) is 0 Å². The zero-order valence-electron chi connectivity index (χ0n) is 13.2. The van der Waals surface area contributed by atoms with Gasteiger partial charge in [-0.05, 0) is 42.8 Å². The summed E-state index contributed by atoms with van der Waals surface area (Å²) in [7, 11) is -3.64. The number of aromatic nitrogens is 3. The summed E-state index contributed by atoms with van der Waals surface area (Å²) in [5.74, 6) is 1.76. The highest BCUT2D eigenvalue weighted by atomic mass is 79.9. The number of nitrogens with one attached hydrogen (secondary N) is 1. The summed E-state index contributed by atoms with van der Waals surface area (Å²) in [5.41, 5.74) is 1.34. The highest BCUT2D eigenvalue weighted by Crippen LogP contribution is 2.26. The van der Waals surface area contributed by atoms with E-state index in [0.29, 0.717) is 5.69 Å². The summed E-state index contributed by atoms with van der Waals surface area (Å²) < 4.78 is 30.6. The SMILES string of the molecule is O=S(=O)(Nc1cccc(-c2nnc3n2CCC3)c1)c1ccc(Br)cc1. The van der Waals surface area contributed by atoms with E-state index in [1.807, 2.05) is 12.1 Å². The number of sulfonamides is 1. The predicted octanol–water partition coefficient (Wildman–Crippen LogP) is 3.45. The van der Waals surface area contributed by atoms with Crippen LogP contribution in [0.4, 0.5) is 5.69 Å². The van der Waals surface area contributed by atoms with Crippen LogP contribution in [-0.4, -0.2) is 23.2 Å². The van der Waals surface area contributed by atoms with E-state index in [1.54, 1.807) is 36.4 Å². The van der Waals surface area contributed by atoms with Crippen molar-refractivity contribution in [3.8, 4) is 11.4 Å². The number of rotatable bonds is 4. The number of halogens is 1. The predicted molar refractivity (Wildman–Crippen MR) is 98.7 cm³/mol. The molecule has 0 amide bonds. The zero-order chi connectivity index (χ0) is 17.4. The molecular formula is C17H15BrN4O2S. The average Bonchev–Trinajstić information content (AvgIpc) is 3.18. The van der Waals surface area contributed by atoms with Gasteiger partial charge >= 0.3 is 0 Å². The lowest BCUT2D eigenvalue weighted by molar-refractivity contribution is 0.601. The Kier molecular flexibility index (Phi) is 4.09. The maximum atomic E-state index is 12.5. The molecule has 2 heterocycles. The first-order valence-electron chi connectivity index (χ1n) is 7.84. The van der Waals surface area contributed by atoms with E-state index in [9.17, 15) is 8.42 Å². The Morgan fingerprint density at radius 1 is 1.08 bits per heavy atom. The van der Waals surface area contributed by atoms with Gasteiger partial charge in [0.2, 0.25) is 0 Å². The average molecular weight is 419 g/mol. The Bertz CT molecular complexity index is 1030. The molecule has 0 atom stereocenters. The first-order chi connectivity index (χ1) is 12.0. The van der Waals surface area contributed by atoms with Crippen molar-refractivity contribution >= 4 is 31.6 Å². The van der Waals surface area contributed by atoms with Crippen LogP contribution in [0.1, 0.15) is 12.2 Å². The minimum atomic E-state index is -3.64. The van der Waals surface area contributed by atoms with Crippen LogP contribution in [0.15, 0.2) is 57.9 Å². The molecular weight excluding hydrogens is 404 g/mol. The van der Waals surface area contributed by atoms with Crippen LogP contribution in [0.5, 0.6) is 0 Å². The van der Waals surface area contributed by atoms with Crippen LogP contribution in [0, 0.1) is 0 Å². The summed E-state index contributed by atoms with van der Waals surface area (Å²) in [5, 5.41) is 8.45. The van der Waals surface area contributed by atoms with Gasteiger partial charge in [0, 0.05) is 28.7 Å². The molecule has 1 aliphatic heterocycles. The van der Waals surface area contributed by atoms with Crippen LogP contribution in [0.3, 0.4) is 0 Å². The van der Waals surface area contributed by atoms with Crippen LogP contribution in [0.2, 0.25) is 0 Å². The molecule has 8 heteroatoms. The Morgan fingerprint density at radius 2 is 1.88 bits per heavy atom. The van der Waals surface area contributed by atoms with E-state index in [2.05, 4.69) is 35.4 Å². The normalized spacial score (nSPS) is 13.6. The third kappa shape index (κ3) is 3.19. The molecule has 0 fully saturated rings.